The molecule has 0 bridgehead atoms. The third-order valence-electron chi connectivity index (χ3n) is 4.34. The molecule has 0 saturated heterocycles. The predicted molar refractivity (Wildman–Crippen MR) is 122 cm³/mol. The van der Waals surface area contributed by atoms with Crippen molar-refractivity contribution in [1.29, 1.82) is 0 Å². The molecule has 0 spiro atoms. The van der Waals surface area contributed by atoms with Crippen LogP contribution in [0.4, 0.5) is 10.1 Å². The fourth-order valence-corrected chi connectivity index (χ4v) is 5.60. The van der Waals surface area contributed by atoms with Gasteiger partial charge in [0.25, 0.3) is 5.95 Å². The van der Waals surface area contributed by atoms with Gasteiger partial charge < -0.3 is 9.47 Å². The molecule has 32 heavy (non-hydrogen) atoms. The van der Waals surface area contributed by atoms with Crippen LogP contribution in [0.15, 0.2) is 30.5 Å². The molecule has 1 aromatic heterocycles. The summed E-state index contributed by atoms with van der Waals surface area (Å²) in [6, 6.07) is 5.44. The van der Waals surface area contributed by atoms with Crippen LogP contribution in [0.2, 0.25) is 0 Å². The molecule has 2 heterocycles. The van der Waals surface area contributed by atoms with Gasteiger partial charge in [0.1, 0.15) is 6.10 Å². The van der Waals surface area contributed by atoms with E-state index in [1.165, 1.54) is 30.5 Å². The second-order valence-electron chi connectivity index (χ2n) is 6.53. The number of nitro groups is 1. The number of rotatable bonds is 11. The Kier molecular flexibility index (Phi) is 9.12. The smallest absolute Gasteiger partial charge is 0.341 e. The van der Waals surface area contributed by atoms with Gasteiger partial charge in [0.15, 0.2) is 5.75 Å². The Morgan fingerprint density at radius 2 is 2.00 bits per heavy atom. The van der Waals surface area contributed by atoms with Gasteiger partial charge in [-0.3, -0.25) is 19.2 Å². The van der Waals surface area contributed by atoms with Gasteiger partial charge in [0.2, 0.25) is 5.75 Å². The van der Waals surface area contributed by atoms with Crippen molar-refractivity contribution in [2.24, 2.45) is 0 Å². The number of pyridine rings is 1. The van der Waals surface area contributed by atoms with Crippen molar-refractivity contribution in [3.8, 4) is 11.5 Å². The number of halogens is 3. The van der Waals surface area contributed by atoms with E-state index in [0.29, 0.717) is 34.9 Å². The molecule has 0 aliphatic carbocycles. The van der Waals surface area contributed by atoms with Gasteiger partial charge in [-0.1, -0.05) is 31.9 Å². The number of hydrogen-bond acceptors (Lipinski definition) is 7. The van der Waals surface area contributed by atoms with Crippen LogP contribution in [0.3, 0.4) is 0 Å². The molecule has 0 saturated carbocycles. The Labute approximate surface area is 200 Å². The largest absolute Gasteiger partial charge is 0.445 e. The summed E-state index contributed by atoms with van der Waals surface area (Å²) in [6.07, 6.45) is 0.430. The average molecular weight is 598 g/mol. The van der Waals surface area contributed by atoms with Crippen LogP contribution in [-0.2, 0) is 20.4 Å². The lowest BCUT2D eigenvalue weighted by Crippen LogP contribution is -2.30. The first-order chi connectivity index (χ1) is 15.4. The zero-order valence-electron chi connectivity index (χ0n) is 16.6. The van der Waals surface area contributed by atoms with E-state index >= 15 is 0 Å². The maximum atomic E-state index is 14.0. The van der Waals surface area contributed by atoms with E-state index in [-0.39, 0.29) is 30.4 Å². The van der Waals surface area contributed by atoms with Crippen LogP contribution in [0.1, 0.15) is 17.2 Å². The minimum absolute atomic E-state index is 0.0709. The second kappa shape index (κ2) is 11.6. The summed E-state index contributed by atoms with van der Waals surface area (Å²) in [5.41, 5.74) is 0.622. The van der Waals surface area contributed by atoms with Crippen molar-refractivity contribution in [2.75, 3.05) is 30.4 Å². The Hall–Kier alpha value is -1.47. The van der Waals surface area contributed by atoms with E-state index in [1.54, 1.807) is 0 Å². The second-order valence-corrected chi connectivity index (χ2v) is 10.1. The average Bonchev–Trinajstić information content (AvgIpc) is 2.78. The molecule has 3 rings (SSSR count). The molecule has 0 amide bonds. The van der Waals surface area contributed by atoms with Gasteiger partial charge >= 0.3 is 13.4 Å². The van der Waals surface area contributed by atoms with E-state index in [1.807, 2.05) is 0 Å². The maximum Gasteiger partial charge on any atom is 0.341 e. The standard InChI is InChI=1S/C18H20Br2FN4O6P/c19-3-6-23-32(28,24-7-4-20)31-17-11-29-10-12-8-14(25(26)27)16(9-13(12)17)30-15-2-1-5-22-18(15)21/h1-2,5,8-9,17H,3-4,6-7,10-11H2,(H2,23,24,28). The first-order valence-electron chi connectivity index (χ1n) is 9.45. The lowest BCUT2D eigenvalue weighted by Gasteiger charge is -2.30. The van der Waals surface area contributed by atoms with Gasteiger partial charge in [0, 0.05) is 36.0 Å². The molecule has 10 nitrogen and oxygen atoms in total. The van der Waals surface area contributed by atoms with E-state index < -0.39 is 24.6 Å². The summed E-state index contributed by atoms with van der Waals surface area (Å²) in [7, 11) is -3.48. The third kappa shape index (κ3) is 6.31. The van der Waals surface area contributed by atoms with Gasteiger partial charge in [-0.25, -0.2) is 15.2 Å². The molecule has 1 atom stereocenters. The minimum Gasteiger partial charge on any atom is -0.445 e. The van der Waals surface area contributed by atoms with Crippen LogP contribution in [0.5, 0.6) is 11.5 Å². The molecule has 174 valence electrons. The lowest BCUT2D eigenvalue weighted by atomic mass is 9.99. The fourth-order valence-electron chi connectivity index (χ4n) is 2.98. The van der Waals surface area contributed by atoms with Crippen molar-refractivity contribution in [1.82, 2.24) is 15.2 Å². The lowest BCUT2D eigenvalue weighted by molar-refractivity contribution is -0.385. The topological polar surface area (TPSA) is 125 Å². The summed E-state index contributed by atoms with van der Waals surface area (Å²) in [5, 5.41) is 18.4. The fraction of sp³-hybridized carbons (Fsp3) is 0.389. The molecule has 0 radical (unpaired) electrons. The van der Waals surface area contributed by atoms with E-state index in [0.717, 1.165) is 0 Å². The Balaban J connectivity index is 1.96. The van der Waals surface area contributed by atoms with Crippen molar-refractivity contribution in [3.05, 3.63) is 57.7 Å². The van der Waals surface area contributed by atoms with Gasteiger partial charge in [-0.15, -0.1) is 0 Å². The summed E-state index contributed by atoms with van der Waals surface area (Å²) in [4.78, 5) is 14.5. The molecule has 2 aromatic rings. The number of fused-ring (bicyclic) bond motifs is 1. The predicted octanol–water partition coefficient (Wildman–Crippen LogP) is 4.59. The molecule has 1 aliphatic rings. The van der Waals surface area contributed by atoms with Gasteiger partial charge in [0.05, 0.1) is 18.1 Å². The molecule has 1 unspecified atom stereocenters. The Morgan fingerprint density at radius 3 is 2.62 bits per heavy atom. The Bertz CT molecular complexity index is 1010. The molecule has 14 heteroatoms. The molecular weight excluding hydrogens is 578 g/mol. The summed E-state index contributed by atoms with van der Waals surface area (Å²) in [6.45, 7) is 0.927. The number of nitro benzene ring substituents is 1. The Morgan fingerprint density at radius 1 is 1.28 bits per heavy atom. The number of nitrogens with one attached hydrogen (secondary N) is 2. The molecule has 0 fully saturated rings. The number of alkyl halides is 2. The summed E-state index contributed by atoms with van der Waals surface area (Å²) < 4.78 is 44.1. The zero-order chi connectivity index (χ0) is 23.1. The molecule has 1 aliphatic heterocycles. The van der Waals surface area contributed by atoms with Crippen LogP contribution < -0.4 is 14.9 Å². The quantitative estimate of drug-likeness (QED) is 0.126. The highest BCUT2D eigenvalue weighted by molar-refractivity contribution is 9.09. The number of ether oxygens (including phenoxy) is 2. The van der Waals surface area contributed by atoms with Crippen molar-refractivity contribution in [3.63, 3.8) is 0 Å². The number of aromatic nitrogens is 1. The first kappa shape index (κ1) is 25.2. The SMILES string of the molecule is O=[N+]([O-])c1cc2c(cc1Oc1cccnc1F)C(OP(=O)(NCCBr)NCCBr)COC2. The zero-order valence-corrected chi connectivity index (χ0v) is 20.7. The van der Waals surface area contributed by atoms with Crippen LogP contribution >= 0.6 is 39.5 Å². The van der Waals surface area contributed by atoms with E-state index in [2.05, 4.69) is 47.0 Å². The highest BCUT2D eigenvalue weighted by atomic mass is 79.9. The maximum absolute atomic E-state index is 14.0. The molecular formula is C18H20Br2FN4O6P. The van der Waals surface area contributed by atoms with Crippen molar-refractivity contribution in [2.45, 2.75) is 12.7 Å². The van der Waals surface area contributed by atoms with Crippen LogP contribution in [0.25, 0.3) is 0 Å². The number of nitrogens with zero attached hydrogens (tertiary/aromatic N) is 2. The van der Waals surface area contributed by atoms with Crippen LogP contribution in [0, 0.1) is 16.1 Å². The molecule has 2 N–H and O–H groups in total. The van der Waals surface area contributed by atoms with Crippen molar-refractivity contribution >= 4 is 45.2 Å². The van der Waals surface area contributed by atoms with Gasteiger partial charge in [-0.2, -0.15) is 4.39 Å². The minimum atomic E-state index is -3.48. The van der Waals surface area contributed by atoms with Gasteiger partial charge in [-0.05, 0) is 29.3 Å². The summed E-state index contributed by atoms with van der Waals surface area (Å²) in [5.74, 6) is -1.35. The van der Waals surface area contributed by atoms with E-state index in [4.69, 9.17) is 14.0 Å². The van der Waals surface area contributed by atoms with Crippen molar-refractivity contribution < 1.29 is 27.9 Å². The normalized spacial score (nSPS) is 15.9. The third-order valence-corrected chi connectivity index (χ3v) is 6.96. The first-order valence-corrected chi connectivity index (χ1v) is 13.3. The number of hydrogen-bond donors (Lipinski definition) is 2. The molecule has 1 aromatic carbocycles. The monoisotopic (exact) mass is 596 g/mol. The van der Waals surface area contributed by atoms with Crippen LogP contribution in [-0.4, -0.2) is 40.3 Å². The van der Waals surface area contributed by atoms with E-state index in [9.17, 15) is 19.1 Å². The number of benzene rings is 1. The summed E-state index contributed by atoms with van der Waals surface area (Å²) >= 11 is 6.55. The highest BCUT2D eigenvalue weighted by Crippen LogP contribution is 2.47. The highest BCUT2D eigenvalue weighted by Gasteiger charge is 2.33.